The molecule has 21 heavy (non-hydrogen) atoms. The van der Waals surface area contributed by atoms with Gasteiger partial charge < -0.3 is 5.73 Å². The van der Waals surface area contributed by atoms with Gasteiger partial charge in [-0.2, -0.15) is 4.31 Å². The second-order valence-electron chi connectivity index (χ2n) is 4.87. The Labute approximate surface area is 129 Å². The van der Waals surface area contributed by atoms with E-state index in [2.05, 4.69) is 0 Å². The van der Waals surface area contributed by atoms with Gasteiger partial charge in [0.25, 0.3) is 0 Å². The van der Waals surface area contributed by atoms with Crippen molar-refractivity contribution in [2.45, 2.75) is 5.75 Å². The lowest BCUT2D eigenvalue weighted by Crippen LogP contribution is -2.44. The Morgan fingerprint density at radius 3 is 2.48 bits per heavy atom. The average molecular weight is 348 g/mol. The maximum atomic E-state index is 12.3. The molecule has 2 N–H and O–H groups in total. The summed E-state index contributed by atoms with van der Waals surface area (Å²) in [6, 6.07) is 6.73. The summed E-state index contributed by atoms with van der Waals surface area (Å²) in [6.45, 7) is 0.0271. The maximum absolute atomic E-state index is 12.3. The van der Waals surface area contributed by atoms with E-state index in [1.165, 1.54) is 4.31 Å². The van der Waals surface area contributed by atoms with Gasteiger partial charge in [-0.25, -0.2) is 16.8 Å². The monoisotopic (exact) mass is 348 g/mol. The minimum absolute atomic E-state index is 0.0135. The molecule has 0 atom stereocenters. The van der Waals surface area contributed by atoms with Gasteiger partial charge in [-0.1, -0.05) is 30.4 Å². The SMILES string of the molecule is NC(=S)c1cccc(CS(=O)(=O)N2CCS(=O)(=O)CC2)c1. The third kappa shape index (κ3) is 4.22. The zero-order valence-corrected chi connectivity index (χ0v) is 13.7. The van der Waals surface area contributed by atoms with Gasteiger partial charge in [-0.3, -0.25) is 0 Å². The molecule has 1 aromatic rings. The summed E-state index contributed by atoms with van der Waals surface area (Å²) in [4.78, 5) is 0.207. The fourth-order valence-electron chi connectivity index (χ4n) is 2.09. The molecule has 1 aliphatic heterocycles. The smallest absolute Gasteiger partial charge is 0.218 e. The van der Waals surface area contributed by atoms with Crippen LogP contribution >= 0.6 is 12.2 Å². The Balaban J connectivity index is 2.15. The first kappa shape index (κ1) is 16.3. The van der Waals surface area contributed by atoms with Crippen LogP contribution in [-0.2, 0) is 25.6 Å². The molecular formula is C12H16N2O4S3. The van der Waals surface area contributed by atoms with Crippen molar-refractivity contribution in [1.29, 1.82) is 0 Å². The van der Waals surface area contributed by atoms with Crippen molar-refractivity contribution in [2.24, 2.45) is 5.73 Å². The van der Waals surface area contributed by atoms with Crippen molar-refractivity contribution in [3.05, 3.63) is 35.4 Å². The average Bonchev–Trinajstić information content (AvgIpc) is 2.37. The number of sulfone groups is 1. The summed E-state index contributed by atoms with van der Waals surface area (Å²) in [7, 11) is -6.65. The molecule has 2 rings (SSSR count). The molecule has 1 heterocycles. The quantitative estimate of drug-likeness (QED) is 0.762. The minimum atomic E-state index is -3.54. The van der Waals surface area contributed by atoms with Crippen molar-refractivity contribution in [3.63, 3.8) is 0 Å². The molecule has 1 aromatic carbocycles. The van der Waals surface area contributed by atoms with E-state index in [1.54, 1.807) is 24.3 Å². The van der Waals surface area contributed by atoms with Gasteiger partial charge >= 0.3 is 0 Å². The predicted octanol–water partition coefficient (Wildman–Crippen LogP) is -0.119. The molecule has 0 unspecified atom stereocenters. The van der Waals surface area contributed by atoms with Crippen LogP contribution in [0, 0.1) is 0 Å². The number of sulfonamides is 1. The van der Waals surface area contributed by atoms with Crippen LogP contribution in [0.2, 0.25) is 0 Å². The number of thiocarbonyl (C=S) groups is 1. The number of benzene rings is 1. The molecule has 0 aromatic heterocycles. The van der Waals surface area contributed by atoms with Crippen LogP contribution in [-0.4, -0.2) is 50.7 Å². The summed E-state index contributed by atoms with van der Waals surface area (Å²) in [5.41, 5.74) is 6.71. The van der Waals surface area contributed by atoms with Crippen LogP contribution in [0.3, 0.4) is 0 Å². The van der Waals surface area contributed by atoms with Gasteiger partial charge in [-0.05, 0) is 11.6 Å². The van der Waals surface area contributed by atoms with E-state index in [4.69, 9.17) is 18.0 Å². The van der Waals surface area contributed by atoms with Crippen LogP contribution in [0.1, 0.15) is 11.1 Å². The topological polar surface area (TPSA) is 97.5 Å². The van der Waals surface area contributed by atoms with Gasteiger partial charge in [0.2, 0.25) is 10.0 Å². The lowest BCUT2D eigenvalue weighted by molar-refractivity contribution is 0.430. The van der Waals surface area contributed by atoms with E-state index in [0.29, 0.717) is 11.1 Å². The highest BCUT2D eigenvalue weighted by molar-refractivity contribution is 7.92. The number of nitrogens with zero attached hydrogens (tertiary/aromatic N) is 1. The molecule has 0 saturated carbocycles. The molecule has 9 heteroatoms. The van der Waals surface area contributed by atoms with Gasteiger partial charge in [0.1, 0.15) is 4.99 Å². The molecule has 1 aliphatic rings. The summed E-state index contributed by atoms with van der Waals surface area (Å²) >= 11 is 4.86. The summed E-state index contributed by atoms with van der Waals surface area (Å²) < 4.78 is 48.6. The number of nitrogens with two attached hydrogens (primary N) is 1. The highest BCUT2D eigenvalue weighted by Crippen LogP contribution is 2.15. The Bertz CT molecular complexity index is 742. The summed E-state index contributed by atoms with van der Waals surface area (Å²) in [5.74, 6) is -0.443. The lowest BCUT2D eigenvalue weighted by atomic mass is 10.1. The molecule has 0 amide bonds. The van der Waals surface area contributed by atoms with Gasteiger partial charge in [0.15, 0.2) is 9.84 Å². The van der Waals surface area contributed by atoms with E-state index in [-0.39, 0.29) is 35.3 Å². The molecule has 116 valence electrons. The molecular weight excluding hydrogens is 332 g/mol. The molecule has 0 bridgehead atoms. The fourth-order valence-corrected chi connectivity index (χ4v) is 5.17. The van der Waals surface area contributed by atoms with Crippen molar-refractivity contribution >= 4 is 37.1 Å². The number of rotatable bonds is 4. The molecule has 0 radical (unpaired) electrons. The number of hydrogen-bond donors (Lipinski definition) is 1. The molecule has 1 saturated heterocycles. The van der Waals surface area contributed by atoms with E-state index in [0.717, 1.165) is 0 Å². The Morgan fingerprint density at radius 1 is 1.29 bits per heavy atom. The molecule has 0 spiro atoms. The first-order valence-corrected chi connectivity index (χ1v) is 10.1. The van der Waals surface area contributed by atoms with Gasteiger partial charge in [-0.15, -0.1) is 0 Å². The standard InChI is InChI=1S/C12H16N2O4S3/c13-12(19)11-3-1-2-10(8-11)9-21(17,18)14-4-6-20(15,16)7-5-14/h1-3,8H,4-7,9H2,(H2,13,19). The van der Waals surface area contributed by atoms with Crippen molar-refractivity contribution < 1.29 is 16.8 Å². The highest BCUT2D eigenvalue weighted by atomic mass is 32.2. The van der Waals surface area contributed by atoms with Crippen molar-refractivity contribution in [3.8, 4) is 0 Å². The van der Waals surface area contributed by atoms with Gasteiger partial charge in [0.05, 0.1) is 17.3 Å². The van der Waals surface area contributed by atoms with Gasteiger partial charge in [0, 0.05) is 18.7 Å². The van der Waals surface area contributed by atoms with Crippen LogP contribution in [0.5, 0.6) is 0 Å². The van der Waals surface area contributed by atoms with Crippen LogP contribution in [0.15, 0.2) is 24.3 Å². The molecule has 1 fully saturated rings. The Hall–Kier alpha value is -1.03. The minimum Gasteiger partial charge on any atom is -0.389 e. The predicted molar refractivity (Wildman–Crippen MR) is 85.2 cm³/mol. The summed E-state index contributed by atoms with van der Waals surface area (Å²) in [5, 5.41) is 0. The molecule has 6 nitrogen and oxygen atoms in total. The van der Waals surface area contributed by atoms with Crippen LogP contribution in [0.4, 0.5) is 0 Å². The van der Waals surface area contributed by atoms with E-state index in [9.17, 15) is 16.8 Å². The van der Waals surface area contributed by atoms with Crippen LogP contribution in [0.25, 0.3) is 0 Å². The van der Waals surface area contributed by atoms with Crippen LogP contribution < -0.4 is 5.73 Å². The van der Waals surface area contributed by atoms with E-state index >= 15 is 0 Å². The zero-order chi connectivity index (χ0) is 15.7. The normalized spacial score (nSPS) is 19.2. The fraction of sp³-hybridized carbons (Fsp3) is 0.417. The largest absolute Gasteiger partial charge is 0.389 e. The van der Waals surface area contributed by atoms with E-state index in [1.807, 2.05) is 0 Å². The lowest BCUT2D eigenvalue weighted by Gasteiger charge is -2.26. The Kier molecular flexibility index (Phi) is 4.66. The first-order valence-electron chi connectivity index (χ1n) is 6.27. The Morgan fingerprint density at radius 2 is 1.90 bits per heavy atom. The summed E-state index contributed by atoms with van der Waals surface area (Å²) in [6.07, 6.45) is 0. The van der Waals surface area contributed by atoms with E-state index < -0.39 is 19.9 Å². The third-order valence-electron chi connectivity index (χ3n) is 3.26. The number of hydrogen-bond acceptors (Lipinski definition) is 5. The van der Waals surface area contributed by atoms with Crippen molar-refractivity contribution in [1.82, 2.24) is 4.31 Å². The second kappa shape index (κ2) is 5.99. The molecule has 0 aliphatic carbocycles. The highest BCUT2D eigenvalue weighted by Gasteiger charge is 2.29. The first-order chi connectivity index (χ1) is 9.70. The zero-order valence-electron chi connectivity index (χ0n) is 11.2. The maximum Gasteiger partial charge on any atom is 0.218 e. The second-order valence-corrected chi connectivity index (χ2v) is 9.58. The van der Waals surface area contributed by atoms with Crippen molar-refractivity contribution in [2.75, 3.05) is 24.6 Å². The third-order valence-corrected chi connectivity index (χ3v) is 6.95.